The van der Waals surface area contributed by atoms with Gasteiger partial charge >= 0.3 is 0 Å². The molecule has 0 fully saturated rings. The zero-order valence-corrected chi connectivity index (χ0v) is 16.8. The Bertz CT molecular complexity index is 1190. The first kappa shape index (κ1) is 17.4. The van der Waals surface area contributed by atoms with E-state index >= 15 is 0 Å². The molecule has 1 aliphatic rings. The number of para-hydroxylation sites is 1. The maximum Gasteiger partial charge on any atom is 0.211 e. The number of aromatic nitrogens is 3. The second kappa shape index (κ2) is 6.72. The van der Waals surface area contributed by atoms with Crippen LogP contribution in [0.4, 0.5) is 11.5 Å². The van der Waals surface area contributed by atoms with Crippen LogP contribution in [0.25, 0.3) is 15.3 Å². The lowest BCUT2D eigenvalue weighted by atomic mass is 9.96. The molecule has 7 heteroatoms. The Morgan fingerprint density at radius 2 is 2.04 bits per heavy atom. The number of anilines is 2. The van der Waals surface area contributed by atoms with Crippen molar-refractivity contribution in [2.24, 2.45) is 0 Å². The van der Waals surface area contributed by atoms with Crippen LogP contribution in [0.2, 0.25) is 5.02 Å². The van der Waals surface area contributed by atoms with Crippen LogP contribution in [-0.4, -0.2) is 20.5 Å². The van der Waals surface area contributed by atoms with Gasteiger partial charge in [-0.05, 0) is 49.6 Å². The zero-order chi connectivity index (χ0) is 19.3. The van der Waals surface area contributed by atoms with Crippen LogP contribution in [0, 0.1) is 6.92 Å². The highest BCUT2D eigenvalue weighted by atomic mass is 35.5. The molecular weight excluding hydrogens is 392 g/mol. The Labute approximate surface area is 171 Å². The van der Waals surface area contributed by atoms with Crippen LogP contribution in [0.3, 0.4) is 0 Å². The lowest BCUT2D eigenvalue weighted by Crippen LogP contribution is -2.13. The molecule has 0 aliphatic heterocycles. The average molecular weight is 409 g/mol. The van der Waals surface area contributed by atoms with Gasteiger partial charge in [-0.3, -0.25) is 4.79 Å². The summed E-state index contributed by atoms with van der Waals surface area (Å²) < 4.78 is 2.93. The van der Waals surface area contributed by atoms with Crippen LogP contribution in [0.15, 0.2) is 42.5 Å². The molecule has 0 amide bonds. The highest BCUT2D eigenvalue weighted by Gasteiger charge is 2.28. The summed E-state index contributed by atoms with van der Waals surface area (Å²) in [6, 6.07) is 13.8. The van der Waals surface area contributed by atoms with Crippen molar-refractivity contribution in [3.8, 4) is 5.13 Å². The van der Waals surface area contributed by atoms with E-state index in [0.29, 0.717) is 22.8 Å². The van der Waals surface area contributed by atoms with Gasteiger partial charge in [-0.2, -0.15) is 0 Å². The number of carbonyl (C=O) groups is 1. The molecule has 2 heterocycles. The molecule has 0 unspecified atom stereocenters. The normalized spacial score (nSPS) is 13.7. The van der Waals surface area contributed by atoms with E-state index < -0.39 is 0 Å². The van der Waals surface area contributed by atoms with Crippen LogP contribution in [0.1, 0.15) is 34.5 Å². The van der Waals surface area contributed by atoms with Crippen molar-refractivity contribution >= 4 is 50.4 Å². The number of aryl methyl sites for hydroxylation is 1. The second-order valence-corrected chi connectivity index (χ2v) is 8.33. The standard InChI is InChI=1S/C21H17ClN4OS/c1-12-9-10-13(11-14(12)22)23-20-19-16(6-4-7-17(19)27)26(25-20)21-24-15-5-2-3-8-18(15)28-21/h2-3,5,8-11H,4,6-7H2,1H3,(H,23,25). The number of thiazole rings is 1. The third kappa shape index (κ3) is 2.89. The van der Waals surface area contributed by atoms with Crippen molar-refractivity contribution in [1.29, 1.82) is 0 Å². The van der Waals surface area contributed by atoms with Crippen molar-refractivity contribution in [3.63, 3.8) is 0 Å². The molecule has 1 N–H and O–H groups in total. The molecule has 28 heavy (non-hydrogen) atoms. The molecule has 0 atom stereocenters. The molecule has 0 saturated carbocycles. The molecule has 2 aromatic carbocycles. The smallest absolute Gasteiger partial charge is 0.211 e. The first-order valence-corrected chi connectivity index (χ1v) is 10.3. The molecule has 1 aliphatic carbocycles. The number of carbonyl (C=O) groups excluding carboxylic acids is 1. The Kier molecular flexibility index (Phi) is 4.18. The number of fused-ring (bicyclic) bond motifs is 2. The van der Waals surface area contributed by atoms with Gasteiger partial charge in [0.25, 0.3) is 0 Å². The maximum atomic E-state index is 12.7. The highest BCUT2D eigenvalue weighted by Crippen LogP contribution is 2.34. The van der Waals surface area contributed by atoms with Crippen LogP contribution >= 0.6 is 22.9 Å². The summed E-state index contributed by atoms with van der Waals surface area (Å²) in [6.45, 7) is 1.96. The third-order valence-electron chi connectivity index (χ3n) is 4.98. The quantitative estimate of drug-likeness (QED) is 0.472. The fourth-order valence-corrected chi connectivity index (χ4v) is 4.65. The molecule has 0 bridgehead atoms. The van der Waals surface area contributed by atoms with Gasteiger partial charge in [0.05, 0.1) is 21.5 Å². The number of rotatable bonds is 3. The summed E-state index contributed by atoms with van der Waals surface area (Å²) in [5.74, 6) is 0.688. The molecule has 4 aromatic rings. The largest absolute Gasteiger partial charge is 0.338 e. The minimum Gasteiger partial charge on any atom is -0.338 e. The van der Waals surface area contributed by atoms with Crippen molar-refractivity contribution < 1.29 is 4.79 Å². The molecule has 0 spiro atoms. The maximum absolute atomic E-state index is 12.7. The first-order valence-electron chi connectivity index (χ1n) is 9.14. The van der Waals surface area contributed by atoms with E-state index in [0.717, 1.165) is 45.1 Å². The summed E-state index contributed by atoms with van der Waals surface area (Å²) in [6.07, 6.45) is 2.18. The van der Waals surface area contributed by atoms with Gasteiger partial charge in [0, 0.05) is 17.1 Å². The van der Waals surface area contributed by atoms with Crippen LogP contribution in [0.5, 0.6) is 0 Å². The Hall–Kier alpha value is -2.70. The van der Waals surface area contributed by atoms with Gasteiger partial charge in [-0.15, -0.1) is 5.10 Å². The molecular formula is C21H17ClN4OS. The SMILES string of the molecule is Cc1ccc(Nc2nn(-c3nc4ccccc4s3)c3c2C(=O)CCC3)cc1Cl. The van der Waals surface area contributed by atoms with Gasteiger partial charge in [0.15, 0.2) is 11.6 Å². The van der Waals surface area contributed by atoms with E-state index in [1.165, 1.54) is 0 Å². The fraction of sp³-hybridized carbons (Fsp3) is 0.190. The van der Waals surface area contributed by atoms with Gasteiger partial charge in [0.2, 0.25) is 5.13 Å². The summed E-state index contributed by atoms with van der Waals surface area (Å²) in [7, 11) is 0. The Balaban J connectivity index is 1.63. The summed E-state index contributed by atoms with van der Waals surface area (Å²) >= 11 is 7.84. The van der Waals surface area contributed by atoms with Gasteiger partial charge < -0.3 is 5.32 Å². The predicted molar refractivity (Wildman–Crippen MR) is 113 cm³/mol. The number of Topliss-reactive ketones (excluding diaryl/α,β-unsaturated/α-hetero) is 1. The van der Waals surface area contributed by atoms with Crippen LogP contribution in [-0.2, 0) is 6.42 Å². The fourth-order valence-electron chi connectivity index (χ4n) is 3.52. The molecule has 0 radical (unpaired) electrons. The first-order chi connectivity index (χ1) is 13.6. The summed E-state index contributed by atoms with van der Waals surface area (Å²) in [5.41, 5.74) is 4.35. The number of hydrogen-bond donors (Lipinski definition) is 1. The van der Waals surface area contributed by atoms with E-state index in [1.807, 2.05) is 54.1 Å². The molecule has 140 valence electrons. The second-order valence-electron chi connectivity index (χ2n) is 6.91. The minimum absolute atomic E-state index is 0.120. The van der Waals surface area contributed by atoms with Crippen LogP contribution < -0.4 is 5.32 Å². The number of hydrogen-bond acceptors (Lipinski definition) is 5. The monoisotopic (exact) mass is 408 g/mol. The zero-order valence-electron chi connectivity index (χ0n) is 15.2. The Morgan fingerprint density at radius 3 is 2.86 bits per heavy atom. The topological polar surface area (TPSA) is 59.8 Å². The van der Waals surface area contributed by atoms with E-state index in [2.05, 4.69) is 5.32 Å². The lowest BCUT2D eigenvalue weighted by Gasteiger charge is -2.12. The lowest BCUT2D eigenvalue weighted by molar-refractivity contribution is 0.0973. The van der Waals surface area contributed by atoms with Gasteiger partial charge in [-0.25, -0.2) is 9.67 Å². The minimum atomic E-state index is 0.120. The predicted octanol–water partition coefficient (Wildman–Crippen LogP) is 5.71. The van der Waals surface area contributed by atoms with E-state index in [-0.39, 0.29) is 5.78 Å². The van der Waals surface area contributed by atoms with Gasteiger partial charge in [0.1, 0.15) is 0 Å². The molecule has 5 nitrogen and oxygen atoms in total. The number of ketones is 1. The van der Waals surface area contributed by atoms with Crippen molar-refractivity contribution in [3.05, 3.63) is 64.3 Å². The van der Waals surface area contributed by atoms with E-state index in [1.54, 1.807) is 11.3 Å². The van der Waals surface area contributed by atoms with E-state index in [9.17, 15) is 4.79 Å². The highest BCUT2D eigenvalue weighted by molar-refractivity contribution is 7.20. The van der Waals surface area contributed by atoms with E-state index in [4.69, 9.17) is 21.7 Å². The third-order valence-corrected chi connectivity index (χ3v) is 6.39. The molecule has 2 aromatic heterocycles. The molecule has 5 rings (SSSR count). The average Bonchev–Trinajstić information content (AvgIpc) is 3.27. The number of halogens is 1. The van der Waals surface area contributed by atoms with Crippen molar-refractivity contribution in [1.82, 2.24) is 14.8 Å². The number of nitrogens with one attached hydrogen (secondary N) is 1. The van der Waals surface area contributed by atoms with Crippen molar-refractivity contribution in [2.75, 3.05) is 5.32 Å². The summed E-state index contributed by atoms with van der Waals surface area (Å²) in [5, 5.41) is 9.50. The molecule has 0 saturated heterocycles. The number of nitrogens with zero attached hydrogens (tertiary/aromatic N) is 3. The van der Waals surface area contributed by atoms with Gasteiger partial charge in [-0.1, -0.05) is 41.1 Å². The van der Waals surface area contributed by atoms with Crippen molar-refractivity contribution in [2.45, 2.75) is 26.2 Å². The Morgan fingerprint density at radius 1 is 1.18 bits per heavy atom. The summed E-state index contributed by atoms with van der Waals surface area (Å²) in [4.78, 5) is 17.4. The number of benzene rings is 2.